The standard InChI is InChI=1S/C11H10F3NO2S/c1-17-9-3-7(11(12,13)14)2-8(4-9)15-6-18-5-10(15)16/h2-4H,5-6H2,1H3. The summed E-state index contributed by atoms with van der Waals surface area (Å²) in [4.78, 5) is 12.8. The van der Waals surface area contributed by atoms with Crippen molar-refractivity contribution in [3.05, 3.63) is 23.8 Å². The number of methoxy groups -OCH3 is 1. The number of thioether (sulfide) groups is 1. The maximum atomic E-state index is 12.7. The van der Waals surface area contributed by atoms with Gasteiger partial charge in [-0.1, -0.05) is 0 Å². The Morgan fingerprint density at radius 1 is 1.33 bits per heavy atom. The molecule has 1 amide bonds. The van der Waals surface area contributed by atoms with Crippen LogP contribution in [0.15, 0.2) is 18.2 Å². The summed E-state index contributed by atoms with van der Waals surface area (Å²) in [5.41, 5.74) is -0.599. The topological polar surface area (TPSA) is 29.5 Å². The lowest BCUT2D eigenvalue weighted by Gasteiger charge is -2.18. The Kier molecular flexibility index (Phi) is 3.43. The smallest absolute Gasteiger partial charge is 0.416 e. The van der Waals surface area contributed by atoms with Crippen molar-refractivity contribution in [3.8, 4) is 5.75 Å². The van der Waals surface area contributed by atoms with Gasteiger partial charge in [-0.3, -0.25) is 4.79 Å². The van der Waals surface area contributed by atoms with Gasteiger partial charge in [-0.2, -0.15) is 13.2 Å². The molecule has 1 aliphatic heterocycles. The molecule has 0 aliphatic carbocycles. The maximum absolute atomic E-state index is 12.7. The largest absolute Gasteiger partial charge is 0.497 e. The van der Waals surface area contributed by atoms with Crippen LogP contribution in [0.1, 0.15) is 5.56 Å². The van der Waals surface area contributed by atoms with E-state index in [0.717, 1.165) is 12.1 Å². The maximum Gasteiger partial charge on any atom is 0.416 e. The third-order valence-electron chi connectivity index (χ3n) is 2.51. The summed E-state index contributed by atoms with van der Waals surface area (Å²) in [5.74, 6) is 0.549. The number of hydrogen-bond acceptors (Lipinski definition) is 3. The van der Waals surface area contributed by atoms with Gasteiger partial charge in [-0.05, 0) is 12.1 Å². The summed E-state index contributed by atoms with van der Waals surface area (Å²) in [6.45, 7) is 0. The fourth-order valence-electron chi connectivity index (χ4n) is 1.61. The van der Waals surface area contributed by atoms with Crippen LogP contribution in [0.5, 0.6) is 5.75 Å². The van der Waals surface area contributed by atoms with E-state index in [9.17, 15) is 18.0 Å². The second-order valence-electron chi connectivity index (χ2n) is 3.72. The number of amides is 1. The lowest BCUT2D eigenvalue weighted by atomic mass is 10.1. The highest BCUT2D eigenvalue weighted by molar-refractivity contribution is 8.00. The van der Waals surface area contributed by atoms with Crippen molar-refractivity contribution in [1.29, 1.82) is 0 Å². The molecule has 0 radical (unpaired) electrons. The number of ether oxygens (including phenoxy) is 1. The third-order valence-corrected chi connectivity index (χ3v) is 3.40. The van der Waals surface area contributed by atoms with Gasteiger partial charge < -0.3 is 9.64 Å². The minimum absolute atomic E-state index is 0.0875. The van der Waals surface area contributed by atoms with Gasteiger partial charge in [0.2, 0.25) is 5.91 Å². The number of alkyl halides is 3. The molecule has 2 rings (SSSR count). The average Bonchev–Trinajstić information content (AvgIpc) is 2.73. The zero-order valence-corrected chi connectivity index (χ0v) is 10.3. The highest BCUT2D eigenvalue weighted by Crippen LogP contribution is 2.36. The molecular formula is C11H10F3NO2S. The van der Waals surface area contributed by atoms with Crippen LogP contribution >= 0.6 is 11.8 Å². The van der Waals surface area contributed by atoms with Crippen LogP contribution in [0.3, 0.4) is 0 Å². The van der Waals surface area contributed by atoms with E-state index < -0.39 is 11.7 Å². The van der Waals surface area contributed by atoms with Crippen LogP contribution in [0, 0.1) is 0 Å². The molecule has 1 fully saturated rings. The molecule has 0 unspecified atom stereocenters. The summed E-state index contributed by atoms with van der Waals surface area (Å²) < 4.78 is 43.0. The molecule has 1 aliphatic rings. The van der Waals surface area contributed by atoms with E-state index in [2.05, 4.69) is 0 Å². The summed E-state index contributed by atoms with van der Waals surface area (Å²) in [6.07, 6.45) is -4.46. The van der Waals surface area contributed by atoms with E-state index in [-0.39, 0.29) is 17.3 Å². The van der Waals surface area contributed by atoms with Crippen molar-refractivity contribution in [2.24, 2.45) is 0 Å². The first-order valence-corrected chi connectivity index (χ1v) is 6.21. The highest BCUT2D eigenvalue weighted by Gasteiger charge is 2.33. The Morgan fingerprint density at radius 3 is 2.56 bits per heavy atom. The third kappa shape index (κ3) is 2.55. The number of carbonyl (C=O) groups is 1. The van der Waals surface area contributed by atoms with E-state index in [0.29, 0.717) is 11.6 Å². The number of anilines is 1. The first-order valence-electron chi connectivity index (χ1n) is 5.06. The number of benzene rings is 1. The van der Waals surface area contributed by atoms with Crippen molar-refractivity contribution in [3.63, 3.8) is 0 Å². The van der Waals surface area contributed by atoms with Gasteiger partial charge in [-0.15, -0.1) is 11.8 Å². The number of nitrogens with zero attached hydrogens (tertiary/aromatic N) is 1. The lowest BCUT2D eigenvalue weighted by molar-refractivity contribution is -0.137. The molecule has 0 N–H and O–H groups in total. The summed E-state index contributed by atoms with van der Waals surface area (Å²) >= 11 is 1.37. The Bertz CT molecular complexity index is 476. The molecular weight excluding hydrogens is 267 g/mol. The minimum Gasteiger partial charge on any atom is -0.497 e. The summed E-state index contributed by atoms with van der Waals surface area (Å²) in [7, 11) is 1.29. The normalized spacial score (nSPS) is 16.2. The number of halogens is 3. The molecule has 7 heteroatoms. The average molecular weight is 277 g/mol. The van der Waals surface area contributed by atoms with E-state index in [4.69, 9.17) is 4.74 Å². The van der Waals surface area contributed by atoms with Crippen molar-refractivity contribution < 1.29 is 22.7 Å². The zero-order chi connectivity index (χ0) is 13.3. The predicted octanol–water partition coefficient (Wildman–Crippen LogP) is 2.75. The molecule has 98 valence electrons. The highest BCUT2D eigenvalue weighted by atomic mass is 32.2. The first-order chi connectivity index (χ1) is 8.41. The molecule has 0 aromatic heterocycles. The lowest BCUT2D eigenvalue weighted by Crippen LogP contribution is -2.25. The number of rotatable bonds is 2. The molecule has 1 heterocycles. The van der Waals surface area contributed by atoms with Gasteiger partial charge in [0.05, 0.1) is 24.3 Å². The Balaban J connectivity index is 2.44. The van der Waals surface area contributed by atoms with Crippen molar-refractivity contribution in [1.82, 2.24) is 0 Å². The minimum atomic E-state index is -4.46. The van der Waals surface area contributed by atoms with Gasteiger partial charge in [0, 0.05) is 11.8 Å². The van der Waals surface area contributed by atoms with Gasteiger partial charge in [0.15, 0.2) is 0 Å². The summed E-state index contributed by atoms with van der Waals surface area (Å²) in [5, 5.41) is 0. The van der Waals surface area contributed by atoms with Crippen molar-refractivity contribution in [2.75, 3.05) is 23.6 Å². The van der Waals surface area contributed by atoms with Gasteiger partial charge in [0.25, 0.3) is 0 Å². The Labute approximate surface area is 106 Å². The van der Waals surface area contributed by atoms with Crippen LogP contribution < -0.4 is 9.64 Å². The van der Waals surface area contributed by atoms with E-state index in [1.807, 2.05) is 0 Å². The number of hydrogen-bond donors (Lipinski definition) is 0. The molecule has 1 aromatic carbocycles. The Hall–Kier alpha value is -1.37. The van der Waals surface area contributed by atoms with Crippen LogP contribution in [-0.2, 0) is 11.0 Å². The molecule has 0 bridgehead atoms. The molecule has 1 saturated heterocycles. The van der Waals surface area contributed by atoms with Gasteiger partial charge in [0.1, 0.15) is 5.75 Å². The van der Waals surface area contributed by atoms with E-state index in [1.165, 1.54) is 29.8 Å². The fourth-order valence-corrected chi connectivity index (χ4v) is 2.51. The first kappa shape index (κ1) is 13.1. The molecule has 3 nitrogen and oxygen atoms in total. The zero-order valence-electron chi connectivity index (χ0n) is 9.45. The molecule has 0 saturated carbocycles. The molecule has 1 aromatic rings. The van der Waals surface area contributed by atoms with Crippen LogP contribution in [0.2, 0.25) is 0 Å². The van der Waals surface area contributed by atoms with E-state index >= 15 is 0 Å². The van der Waals surface area contributed by atoms with Gasteiger partial charge >= 0.3 is 6.18 Å². The molecule has 0 atom stereocenters. The monoisotopic (exact) mass is 277 g/mol. The molecule has 0 spiro atoms. The van der Waals surface area contributed by atoms with Crippen molar-refractivity contribution >= 4 is 23.4 Å². The van der Waals surface area contributed by atoms with Crippen LogP contribution in [-0.4, -0.2) is 24.6 Å². The van der Waals surface area contributed by atoms with Crippen molar-refractivity contribution in [2.45, 2.75) is 6.18 Å². The predicted molar refractivity (Wildman–Crippen MR) is 62.8 cm³/mol. The molecule has 18 heavy (non-hydrogen) atoms. The van der Waals surface area contributed by atoms with Crippen LogP contribution in [0.25, 0.3) is 0 Å². The number of carbonyl (C=O) groups excluding carboxylic acids is 1. The SMILES string of the molecule is COc1cc(N2CSCC2=O)cc(C(F)(F)F)c1. The van der Waals surface area contributed by atoms with Gasteiger partial charge in [-0.25, -0.2) is 0 Å². The second-order valence-corrected chi connectivity index (χ2v) is 4.67. The quantitative estimate of drug-likeness (QED) is 0.832. The second kappa shape index (κ2) is 4.72. The fraction of sp³-hybridized carbons (Fsp3) is 0.364. The summed E-state index contributed by atoms with van der Waals surface area (Å²) in [6, 6.07) is 3.31. The van der Waals surface area contributed by atoms with E-state index in [1.54, 1.807) is 0 Å². The van der Waals surface area contributed by atoms with Crippen LogP contribution in [0.4, 0.5) is 18.9 Å². The Morgan fingerprint density at radius 2 is 2.06 bits per heavy atom.